The first-order valence-electron chi connectivity index (χ1n) is 10.8. The van der Waals surface area contributed by atoms with Crippen molar-refractivity contribution in [1.29, 1.82) is 5.41 Å². The maximum atomic E-state index is 12.5. The summed E-state index contributed by atoms with van der Waals surface area (Å²) in [6, 6.07) is 13.0. The van der Waals surface area contributed by atoms with E-state index in [1.165, 1.54) is 13.0 Å². The van der Waals surface area contributed by atoms with Crippen LogP contribution in [-0.2, 0) is 14.6 Å². The molecule has 0 atom stereocenters. The molecule has 0 saturated heterocycles. The van der Waals surface area contributed by atoms with Crippen LogP contribution in [0, 0.1) is 19.3 Å². The van der Waals surface area contributed by atoms with Gasteiger partial charge in [0.15, 0.2) is 5.84 Å². The van der Waals surface area contributed by atoms with Gasteiger partial charge < -0.3 is 9.47 Å². The van der Waals surface area contributed by atoms with Crippen molar-refractivity contribution < 1.29 is 22.7 Å². The number of fused-ring (bicyclic) bond motifs is 1. The molecule has 1 N–H and O–H groups in total. The molecule has 0 fully saturated rings. The molecule has 2 aromatic rings. The number of amides is 1. The highest BCUT2D eigenvalue weighted by atomic mass is 32.3. The highest BCUT2D eigenvalue weighted by Crippen LogP contribution is 2.30. The van der Waals surface area contributed by atoms with Crippen LogP contribution in [0.4, 0.5) is 0 Å². The summed E-state index contributed by atoms with van der Waals surface area (Å²) in [7, 11) is -3.57. The summed E-state index contributed by atoms with van der Waals surface area (Å²) in [5.41, 5.74) is 2.82. The van der Waals surface area contributed by atoms with E-state index >= 15 is 0 Å². The van der Waals surface area contributed by atoms with Crippen molar-refractivity contribution in [2.24, 2.45) is 10.1 Å². The molecule has 0 bridgehead atoms. The van der Waals surface area contributed by atoms with E-state index in [4.69, 9.17) is 14.9 Å². The number of carbonyl (C=O) groups excluding carboxylic acids is 1. The Morgan fingerprint density at radius 3 is 2.37 bits per heavy atom. The lowest BCUT2D eigenvalue weighted by atomic mass is 10.1. The summed E-state index contributed by atoms with van der Waals surface area (Å²) >= 11 is 0.776. The number of nitrogens with zero attached hydrogens (tertiary/aromatic N) is 3. The van der Waals surface area contributed by atoms with E-state index in [9.17, 15) is 13.2 Å². The summed E-state index contributed by atoms with van der Waals surface area (Å²) in [6.45, 7) is 6.27. The molecule has 2 aliphatic heterocycles. The number of para-hydroxylation sites is 1. The first-order valence-corrected chi connectivity index (χ1v) is 13.3. The molecule has 35 heavy (non-hydrogen) atoms. The molecule has 0 unspecified atom stereocenters. The summed E-state index contributed by atoms with van der Waals surface area (Å²) in [5, 5.41) is 13.5. The summed E-state index contributed by atoms with van der Waals surface area (Å²) in [6.07, 6.45) is 1.52. The number of sulfone groups is 1. The van der Waals surface area contributed by atoms with Gasteiger partial charge in [0.05, 0.1) is 11.3 Å². The molecule has 11 heteroatoms. The lowest BCUT2D eigenvalue weighted by Gasteiger charge is -2.20. The van der Waals surface area contributed by atoms with Crippen molar-refractivity contribution in [3.8, 4) is 11.5 Å². The van der Waals surface area contributed by atoms with Gasteiger partial charge in [0.1, 0.15) is 24.7 Å². The number of hydrogen-bond acceptors (Lipinski definition) is 8. The Labute approximate surface area is 208 Å². The molecule has 2 aliphatic rings. The lowest BCUT2D eigenvalue weighted by Crippen LogP contribution is -2.35. The molecule has 182 valence electrons. The largest absolute Gasteiger partial charge is 0.490 e. The molecule has 0 aliphatic carbocycles. The molecular formula is C24H24N4O5S2. The van der Waals surface area contributed by atoms with Gasteiger partial charge in [-0.1, -0.05) is 37.3 Å². The maximum absolute atomic E-state index is 12.5. The number of hydrogen-bond donors (Lipinski definition) is 1. The first kappa shape index (κ1) is 24.7. The van der Waals surface area contributed by atoms with Crippen LogP contribution in [0.2, 0.25) is 0 Å². The third kappa shape index (κ3) is 5.30. The second kappa shape index (κ2) is 10.0. The highest BCUT2D eigenvalue weighted by molar-refractivity contribution is 8.42. The fraction of sp³-hybridized carbons (Fsp3) is 0.250. The second-order valence-electron chi connectivity index (χ2n) is 7.78. The van der Waals surface area contributed by atoms with Crippen molar-refractivity contribution in [2.45, 2.75) is 20.8 Å². The molecule has 1 amide bonds. The minimum absolute atomic E-state index is 0.0175. The average Bonchev–Trinajstić information content (AvgIpc) is 3.27. The fourth-order valence-electron chi connectivity index (χ4n) is 3.38. The van der Waals surface area contributed by atoms with Crippen LogP contribution in [0.1, 0.15) is 23.6 Å². The van der Waals surface area contributed by atoms with E-state index in [1.54, 1.807) is 24.3 Å². The van der Waals surface area contributed by atoms with Crippen molar-refractivity contribution >= 4 is 49.0 Å². The van der Waals surface area contributed by atoms with Crippen LogP contribution in [0.3, 0.4) is 0 Å². The van der Waals surface area contributed by atoms with Gasteiger partial charge in [0.2, 0.25) is 19.4 Å². The third-order valence-electron chi connectivity index (χ3n) is 5.28. The third-order valence-corrected chi connectivity index (χ3v) is 8.37. The Balaban J connectivity index is 1.40. The monoisotopic (exact) mass is 512 g/mol. The molecule has 0 radical (unpaired) electrons. The predicted octanol–water partition coefficient (Wildman–Crippen LogP) is 3.77. The Morgan fingerprint density at radius 2 is 1.71 bits per heavy atom. The molecule has 2 heterocycles. The number of amidine groups is 2. The van der Waals surface area contributed by atoms with Crippen LogP contribution in [-0.4, -0.2) is 53.7 Å². The van der Waals surface area contributed by atoms with Gasteiger partial charge in [0.25, 0.3) is 5.91 Å². The van der Waals surface area contributed by atoms with E-state index < -0.39 is 15.7 Å². The van der Waals surface area contributed by atoms with Gasteiger partial charge in [-0.3, -0.25) is 10.2 Å². The number of nitrogens with one attached hydrogen (secondary N) is 1. The van der Waals surface area contributed by atoms with Gasteiger partial charge in [-0.05, 0) is 60.5 Å². The van der Waals surface area contributed by atoms with E-state index in [-0.39, 0.29) is 26.7 Å². The van der Waals surface area contributed by atoms with E-state index in [2.05, 4.69) is 10.1 Å². The van der Waals surface area contributed by atoms with Gasteiger partial charge >= 0.3 is 0 Å². The average molecular weight is 513 g/mol. The predicted molar refractivity (Wildman–Crippen MR) is 138 cm³/mol. The molecule has 0 saturated carbocycles. The second-order valence-corrected chi connectivity index (χ2v) is 11.2. The minimum atomic E-state index is -3.57. The fourth-order valence-corrected chi connectivity index (χ4v) is 5.54. The minimum Gasteiger partial charge on any atom is -0.490 e. The number of carbonyl (C=O) groups is 1. The van der Waals surface area contributed by atoms with Gasteiger partial charge in [-0.25, -0.2) is 8.42 Å². The normalized spacial score (nSPS) is 16.8. The Kier molecular flexibility index (Phi) is 7.08. The molecular weight excluding hydrogens is 488 g/mol. The standard InChI is InChI=1S/C24H24N4O5S2/c1-4-35(30,31)24-27-28-21(25)19(22(29)26-23(28)34-24)14-17-8-10-18(11-9-17)32-12-13-33-20-15(2)6-5-7-16(20)3/h5-11,14,25H,4,12-13H2,1-3H3/b19-14-,25-21?. The zero-order chi connectivity index (χ0) is 25.2. The van der Waals surface area contributed by atoms with Crippen molar-refractivity contribution in [2.75, 3.05) is 19.0 Å². The van der Waals surface area contributed by atoms with Crippen molar-refractivity contribution in [3.05, 3.63) is 64.7 Å². The number of benzene rings is 2. The molecule has 0 spiro atoms. The number of thioether (sulfide) groups is 1. The summed E-state index contributed by atoms with van der Waals surface area (Å²) < 4.78 is 35.6. The quantitative estimate of drug-likeness (QED) is 0.443. The number of aliphatic imine (C=N–C) groups is 1. The van der Waals surface area contributed by atoms with E-state index in [0.29, 0.717) is 24.5 Å². The van der Waals surface area contributed by atoms with E-state index in [0.717, 1.165) is 33.6 Å². The van der Waals surface area contributed by atoms with Crippen LogP contribution >= 0.6 is 11.8 Å². The Bertz CT molecular complexity index is 1360. The summed E-state index contributed by atoms with van der Waals surface area (Å²) in [4.78, 5) is 16.4. The van der Waals surface area contributed by atoms with E-state index in [1.807, 2.05) is 32.0 Å². The van der Waals surface area contributed by atoms with Gasteiger partial charge in [-0.2, -0.15) is 10.0 Å². The maximum Gasteiger partial charge on any atom is 0.283 e. The first-order chi connectivity index (χ1) is 16.7. The molecule has 0 aromatic heterocycles. The van der Waals surface area contributed by atoms with Crippen molar-refractivity contribution in [1.82, 2.24) is 5.01 Å². The zero-order valence-corrected chi connectivity index (χ0v) is 21.1. The topological polar surface area (TPSA) is 121 Å². The van der Waals surface area contributed by atoms with Crippen molar-refractivity contribution in [3.63, 3.8) is 0 Å². The zero-order valence-electron chi connectivity index (χ0n) is 19.4. The SMILES string of the molecule is CCS(=O)(=O)C1=NN2C(=N)/C(=C/c3ccc(OCCOc4c(C)cccc4C)cc3)C(=O)N=C2S1. The number of hydrazone groups is 1. The van der Waals surface area contributed by atoms with Gasteiger partial charge in [-0.15, -0.1) is 5.10 Å². The number of aryl methyl sites for hydroxylation is 2. The number of ether oxygens (including phenoxy) is 2. The molecule has 2 aromatic carbocycles. The van der Waals surface area contributed by atoms with Crippen LogP contribution in [0.15, 0.2) is 58.1 Å². The lowest BCUT2D eigenvalue weighted by molar-refractivity contribution is -0.114. The summed E-state index contributed by atoms with van der Waals surface area (Å²) in [5.74, 6) is 0.526. The van der Waals surface area contributed by atoms with Crippen LogP contribution in [0.5, 0.6) is 11.5 Å². The smallest absolute Gasteiger partial charge is 0.283 e. The van der Waals surface area contributed by atoms with Crippen LogP contribution in [0.25, 0.3) is 6.08 Å². The molecule has 9 nitrogen and oxygen atoms in total. The highest BCUT2D eigenvalue weighted by Gasteiger charge is 2.39. The Morgan fingerprint density at radius 1 is 1.06 bits per heavy atom. The number of rotatable bonds is 7. The Hall–Kier alpha value is -3.44. The molecule has 4 rings (SSSR count). The van der Waals surface area contributed by atoms with Crippen LogP contribution < -0.4 is 9.47 Å². The van der Waals surface area contributed by atoms with Gasteiger partial charge in [0, 0.05) is 0 Å².